The van der Waals surface area contributed by atoms with Crippen LogP contribution in [-0.2, 0) is 11.2 Å². The number of hydrogen-bond donors (Lipinski definition) is 1. The van der Waals surface area contributed by atoms with Crippen LogP contribution in [0.3, 0.4) is 0 Å². The normalized spacial score (nSPS) is 22.0. The van der Waals surface area contributed by atoms with Gasteiger partial charge in [0.25, 0.3) is 0 Å². The first kappa shape index (κ1) is 14.6. The van der Waals surface area contributed by atoms with Gasteiger partial charge in [0.05, 0.1) is 5.54 Å². The van der Waals surface area contributed by atoms with E-state index < -0.39 is 23.4 Å². The lowest BCUT2D eigenvalue weighted by molar-refractivity contribution is -0.175. The quantitative estimate of drug-likeness (QED) is 0.671. The van der Waals surface area contributed by atoms with Gasteiger partial charge in [0.15, 0.2) is 0 Å². The smallest absolute Gasteiger partial charge is 0.339 e. The lowest BCUT2D eigenvalue weighted by Crippen LogP contribution is -2.52. The minimum atomic E-state index is -4.91. The summed E-state index contributed by atoms with van der Waals surface area (Å²) < 4.78 is 50.0. The van der Waals surface area contributed by atoms with Crippen LogP contribution in [0.2, 0.25) is 0 Å². The molecule has 1 aliphatic carbocycles. The van der Waals surface area contributed by atoms with Gasteiger partial charge in [-0.1, -0.05) is 24.3 Å². The summed E-state index contributed by atoms with van der Waals surface area (Å²) in [6.07, 6.45) is -0.399. The van der Waals surface area contributed by atoms with Crippen LogP contribution in [0.4, 0.5) is 17.6 Å². The molecule has 0 aromatic heterocycles. The molecule has 108 valence electrons. The van der Waals surface area contributed by atoms with Crippen molar-refractivity contribution >= 4 is 5.91 Å². The molecule has 0 fully saturated rings. The van der Waals surface area contributed by atoms with E-state index in [2.05, 4.69) is 5.32 Å². The van der Waals surface area contributed by atoms with Crippen molar-refractivity contribution < 1.29 is 22.4 Å². The van der Waals surface area contributed by atoms with Crippen LogP contribution in [0.15, 0.2) is 36.4 Å². The van der Waals surface area contributed by atoms with E-state index in [1.807, 2.05) is 0 Å². The van der Waals surface area contributed by atoms with Crippen LogP contribution in [0.25, 0.3) is 0 Å². The molecule has 6 heteroatoms. The van der Waals surface area contributed by atoms with Crippen molar-refractivity contribution in [2.45, 2.75) is 31.0 Å². The first-order valence-electron chi connectivity index (χ1n) is 6.12. The Morgan fingerprint density at radius 2 is 1.90 bits per heavy atom. The van der Waals surface area contributed by atoms with E-state index >= 15 is 0 Å². The number of benzene rings is 1. The molecule has 1 aromatic rings. The minimum absolute atomic E-state index is 0.200. The van der Waals surface area contributed by atoms with Crippen LogP contribution in [0.5, 0.6) is 0 Å². The van der Waals surface area contributed by atoms with Gasteiger partial charge >= 0.3 is 12.1 Å². The summed E-state index contributed by atoms with van der Waals surface area (Å²) >= 11 is 0. The molecular formula is C14H13F4NO. The summed E-state index contributed by atoms with van der Waals surface area (Å²) in [5.74, 6) is -2.37. The van der Waals surface area contributed by atoms with Crippen LogP contribution < -0.4 is 5.32 Å². The first-order chi connectivity index (χ1) is 9.31. The molecule has 0 aliphatic heterocycles. The molecule has 20 heavy (non-hydrogen) atoms. The summed E-state index contributed by atoms with van der Waals surface area (Å²) in [5.41, 5.74) is -0.384. The maximum absolute atomic E-state index is 12.8. The highest BCUT2D eigenvalue weighted by Crippen LogP contribution is 2.28. The minimum Gasteiger partial charge on any atom is -0.339 e. The fourth-order valence-corrected chi connectivity index (χ4v) is 2.29. The number of halogens is 4. The SMILES string of the molecule is O=C(NC1(Cc2ccc(F)cc2)C=CCC1)C(F)(F)F. The van der Waals surface area contributed by atoms with E-state index in [0.29, 0.717) is 18.4 Å². The number of alkyl halides is 3. The Bertz CT molecular complexity index is 521. The Balaban J connectivity index is 2.16. The van der Waals surface area contributed by atoms with Crippen molar-refractivity contribution in [3.05, 3.63) is 47.8 Å². The molecule has 1 N–H and O–H groups in total. The molecule has 0 bridgehead atoms. The van der Waals surface area contributed by atoms with Gasteiger partial charge in [-0.15, -0.1) is 0 Å². The van der Waals surface area contributed by atoms with Crippen LogP contribution >= 0.6 is 0 Å². The van der Waals surface area contributed by atoms with E-state index in [-0.39, 0.29) is 6.42 Å². The van der Waals surface area contributed by atoms with Gasteiger partial charge in [-0.3, -0.25) is 4.79 Å². The summed E-state index contributed by atoms with van der Waals surface area (Å²) in [4.78, 5) is 11.1. The highest BCUT2D eigenvalue weighted by atomic mass is 19.4. The zero-order valence-electron chi connectivity index (χ0n) is 10.5. The second-order valence-electron chi connectivity index (χ2n) is 4.85. The van der Waals surface area contributed by atoms with Gasteiger partial charge in [-0.05, 0) is 37.0 Å². The monoisotopic (exact) mass is 287 g/mol. The zero-order valence-corrected chi connectivity index (χ0v) is 10.5. The van der Waals surface area contributed by atoms with E-state index in [0.717, 1.165) is 0 Å². The average Bonchev–Trinajstić information content (AvgIpc) is 2.79. The van der Waals surface area contributed by atoms with Gasteiger partial charge in [0.2, 0.25) is 0 Å². The topological polar surface area (TPSA) is 29.1 Å². The Morgan fingerprint density at radius 1 is 1.25 bits per heavy atom. The molecule has 1 atom stereocenters. The molecule has 1 unspecified atom stereocenters. The standard InChI is InChI=1S/C14H13F4NO/c15-11-5-3-10(4-6-11)9-13(7-1-2-8-13)19-12(20)14(16,17)18/h1,3-7H,2,8-9H2,(H,19,20). The summed E-state index contributed by atoms with van der Waals surface area (Å²) in [7, 11) is 0. The van der Waals surface area contributed by atoms with Crippen molar-refractivity contribution in [1.29, 1.82) is 0 Å². The fourth-order valence-electron chi connectivity index (χ4n) is 2.29. The predicted molar refractivity (Wildman–Crippen MR) is 65.4 cm³/mol. The highest BCUT2D eigenvalue weighted by molar-refractivity contribution is 5.82. The van der Waals surface area contributed by atoms with Crippen LogP contribution in [-0.4, -0.2) is 17.6 Å². The van der Waals surface area contributed by atoms with Crippen molar-refractivity contribution in [3.8, 4) is 0 Å². The number of nitrogens with one attached hydrogen (secondary N) is 1. The number of amides is 1. The molecule has 0 saturated carbocycles. The van der Waals surface area contributed by atoms with Crippen LogP contribution in [0.1, 0.15) is 18.4 Å². The molecule has 0 radical (unpaired) electrons. The van der Waals surface area contributed by atoms with Crippen molar-refractivity contribution in [2.24, 2.45) is 0 Å². The van der Waals surface area contributed by atoms with Crippen molar-refractivity contribution in [1.82, 2.24) is 5.32 Å². The predicted octanol–water partition coefficient (Wildman–Crippen LogP) is 3.14. The van der Waals surface area contributed by atoms with Gasteiger partial charge in [0.1, 0.15) is 5.82 Å². The maximum atomic E-state index is 12.8. The number of rotatable bonds is 3. The van der Waals surface area contributed by atoms with E-state index in [1.165, 1.54) is 24.3 Å². The third-order valence-corrected chi connectivity index (χ3v) is 3.25. The Morgan fingerprint density at radius 3 is 2.40 bits per heavy atom. The number of carbonyl (C=O) groups excluding carboxylic acids is 1. The number of allylic oxidation sites excluding steroid dienone is 1. The fraction of sp³-hybridized carbons (Fsp3) is 0.357. The first-order valence-corrected chi connectivity index (χ1v) is 6.12. The Hall–Kier alpha value is -1.85. The zero-order chi connectivity index (χ0) is 14.8. The second kappa shape index (κ2) is 5.26. The van der Waals surface area contributed by atoms with Gasteiger partial charge in [0, 0.05) is 0 Å². The Kier molecular flexibility index (Phi) is 3.83. The van der Waals surface area contributed by atoms with Crippen LogP contribution in [0, 0.1) is 5.82 Å². The average molecular weight is 287 g/mol. The van der Waals surface area contributed by atoms with E-state index in [1.54, 1.807) is 12.2 Å². The summed E-state index contributed by atoms with van der Waals surface area (Å²) in [6, 6.07) is 5.49. The van der Waals surface area contributed by atoms with E-state index in [4.69, 9.17) is 0 Å². The molecule has 1 aliphatic rings. The molecule has 0 saturated heterocycles. The lowest BCUT2D eigenvalue weighted by Gasteiger charge is -2.29. The molecule has 2 rings (SSSR count). The van der Waals surface area contributed by atoms with Crippen molar-refractivity contribution in [3.63, 3.8) is 0 Å². The third kappa shape index (κ3) is 3.37. The van der Waals surface area contributed by atoms with Gasteiger partial charge < -0.3 is 5.32 Å². The largest absolute Gasteiger partial charge is 0.471 e. The second-order valence-corrected chi connectivity index (χ2v) is 4.85. The number of carbonyl (C=O) groups is 1. The molecule has 0 heterocycles. The maximum Gasteiger partial charge on any atom is 0.471 e. The van der Waals surface area contributed by atoms with Gasteiger partial charge in [-0.25, -0.2) is 4.39 Å². The molecule has 1 amide bonds. The Labute approximate surface area is 113 Å². The number of hydrogen-bond acceptors (Lipinski definition) is 1. The summed E-state index contributed by atoms with van der Waals surface area (Å²) in [6.45, 7) is 0. The summed E-state index contributed by atoms with van der Waals surface area (Å²) in [5, 5.41) is 2.05. The van der Waals surface area contributed by atoms with Gasteiger partial charge in [-0.2, -0.15) is 13.2 Å². The van der Waals surface area contributed by atoms with E-state index in [9.17, 15) is 22.4 Å². The third-order valence-electron chi connectivity index (χ3n) is 3.25. The molecule has 0 spiro atoms. The molecular weight excluding hydrogens is 274 g/mol. The van der Waals surface area contributed by atoms with Crippen molar-refractivity contribution in [2.75, 3.05) is 0 Å². The molecule has 2 nitrogen and oxygen atoms in total. The highest BCUT2D eigenvalue weighted by Gasteiger charge is 2.43. The lowest BCUT2D eigenvalue weighted by atomic mass is 9.90. The molecule has 1 aromatic carbocycles.